The first-order valence-electron chi connectivity index (χ1n) is 7.61. The van der Waals surface area contributed by atoms with Gasteiger partial charge in [-0.1, -0.05) is 32.3 Å². The van der Waals surface area contributed by atoms with Gasteiger partial charge in [0.1, 0.15) is 5.82 Å². The molecule has 0 radical (unpaired) electrons. The quantitative estimate of drug-likeness (QED) is 0.840. The highest BCUT2D eigenvalue weighted by Gasteiger charge is 2.35. The summed E-state index contributed by atoms with van der Waals surface area (Å²) in [5.41, 5.74) is 2.88. The monoisotopic (exact) mass is 263 g/mol. The van der Waals surface area contributed by atoms with Crippen LogP contribution in [0.5, 0.6) is 0 Å². The molecule has 0 aromatic heterocycles. The summed E-state index contributed by atoms with van der Waals surface area (Å²) >= 11 is 0. The lowest BCUT2D eigenvalue weighted by molar-refractivity contribution is 0.285. The maximum Gasteiger partial charge on any atom is 0.128 e. The van der Waals surface area contributed by atoms with E-state index in [1.54, 1.807) is 6.07 Å². The van der Waals surface area contributed by atoms with Gasteiger partial charge in [0, 0.05) is 11.1 Å². The van der Waals surface area contributed by atoms with Crippen molar-refractivity contribution in [3.8, 4) is 0 Å². The van der Waals surface area contributed by atoms with E-state index in [-0.39, 0.29) is 11.4 Å². The number of halogens is 1. The number of benzene rings is 1. The molecule has 1 aliphatic rings. The third kappa shape index (κ3) is 3.00. The molecular formula is C17H26FN. The zero-order valence-corrected chi connectivity index (χ0v) is 12.5. The Morgan fingerprint density at radius 2 is 2.00 bits per heavy atom. The third-order valence-corrected chi connectivity index (χ3v) is 4.33. The standard InChI is InChI=1S/C17H26FN/c1-4-8-17(9-6-5-7-10-19-17)16-14(3)11-13(2)12-15(16)18/h11-12,19H,4-10H2,1-3H3. The number of rotatable bonds is 3. The Morgan fingerprint density at radius 3 is 2.68 bits per heavy atom. The van der Waals surface area contributed by atoms with Gasteiger partial charge in [-0.25, -0.2) is 4.39 Å². The van der Waals surface area contributed by atoms with Crippen LogP contribution in [-0.4, -0.2) is 6.54 Å². The highest BCUT2D eigenvalue weighted by molar-refractivity contribution is 5.37. The second-order valence-electron chi connectivity index (χ2n) is 6.01. The molecule has 19 heavy (non-hydrogen) atoms. The first-order chi connectivity index (χ1) is 9.09. The summed E-state index contributed by atoms with van der Waals surface area (Å²) in [7, 11) is 0. The molecule has 0 spiro atoms. The van der Waals surface area contributed by atoms with Crippen molar-refractivity contribution in [2.75, 3.05) is 6.54 Å². The van der Waals surface area contributed by atoms with Gasteiger partial charge >= 0.3 is 0 Å². The first-order valence-corrected chi connectivity index (χ1v) is 7.61. The predicted octanol–water partition coefficient (Wildman–Crippen LogP) is 4.60. The zero-order chi connectivity index (χ0) is 13.9. The lowest BCUT2D eigenvalue weighted by atomic mass is 9.79. The van der Waals surface area contributed by atoms with Crippen molar-refractivity contribution in [3.63, 3.8) is 0 Å². The predicted molar refractivity (Wildman–Crippen MR) is 78.9 cm³/mol. The van der Waals surface area contributed by atoms with Crippen LogP contribution in [-0.2, 0) is 5.54 Å². The molecule has 1 atom stereocenters. The number of hydrogen-bond donors (Lipinski definition) is 1. The third-order valence-electron chi connectivity index (χ3n) is 4.33. The average Bonchev–Trinajstić information content (AvgIpc) is 2.54. The molecule has 1 heterocycles. The van der Waals surface area contributed by atoms with Gasteiger partial charge in [-0.3, -0.25) is 0 Å². The van der Waals surface area contributed by atoms with Crippen LogP contribution < -0.4 is 5.32 Å². The van der Waals surface area contributed by atoms with E-state index >= 15 is 0 Å². The lowest BCUT2D eigenvalue weighted by Crippen LogP contribution is -2.43. The van der Waals surface area contributed by atoms with Crippen LogP contribution in [0.4, 0.5) is 4.39 Å². The fraction of sp³-hybridized carbons (Fsp3) is 0.647. The van der Waals surface area contributed by atoms with Crippen LogP contribution >= 0.6 is 0 Å². The van der Waals surface area contributed by atoms with Gasteiger partial charge in [0.15, 0.2) is 0 Å². The maximum absolute atomic E-state index is 14.6. The number of aryl methyl sites for hydroxylation is 2. The number of nitrogens with one attached hydrogen (secondary N) is 1. The Morgan fingerprint density at radius 1 is 1.21 bits per heavy atom. The molecule has 2 heteroatoms. The van der Waals surface area contributed by atoms with Crippen molar-refractivity contribution in [2.45, 2.75) is 64.8 Å². The molecule has 0 saturated carbocycles. The molecule has 106 valence electrons. The summed E-state index contributed by atoms with van der Waals surface area (Å²) in [6, 6.07) is 3.80. The summed E-state index contributed by atoms with van der Waals surface area (Å²) < 4.78 is 14.6. The topological polar surface area (TPSA) is 12.0 Å². The summed E-state index contributed by atoms with van der Waals surface area (Å²) in [6.45, 7) is 7.21. The van der Waals surface area contributed by atoms with Crippen molar-refractivity contribution < 1.29 is 4.39 Å². The molecule has 1 N–H and O–H groups in total. The van der Waals surface area contributed by atoms with Crippen LogP contribution in [0.25, 0.3) is 0 Å². The van der Waals surface area contributed by atoms with Crippen LogP contribution in [0.3, 0.4) is 0 Å². The van der Waals surface area contributed by atoms with E-state index in [0.29, 0.717) is 0 Å². The van der Waals surface area contributed by atoms with E-state index in [2.05, 4.69) is 25.2 Å². The van der Waals surface area contributed by atoms with Crippen molar-refractivity contribution in [2.24, 2.45) is 0 Å². The normalized spacial score (nSPS) is 24.2. The smallest absolute Gasteiger partial charge is 0.128 e. The lowest BCUT2D eigenvalue weighted by Gasteiger charge is -2.36. The van der Waals surface area contributed by atoms with Crippen LogP contribution in [0.2, 0.25) is 0 Å². The largest absolute Gasteiger partial charge is 0.307 e. The SMILES string of the molecule is CCCC1(c2c(C)cc(C)cc2F)CCCCCN1. The van der Waals surface area contributed by atoms with E-state index in [9.17, 15) is 4.39 Å². The Hall–Kier alpha value is -0.890. The van der Waals surface area contributed by atoms with E-state index in [0.717, 1.165) is 42.5 Å². The Bertz CT molecular complexity index is 408. The summed E-state index contributed by atoms with van der Waals surface area (Å²) in [6.07, 6.45) is 6.82. The van der Waals surface area contributed by atoms with E-state index in [4.69, 9.17) is 0 Å². The van der Waals surface area contributed by atoms with E-state index in [1.165, 1.54) is 19.3 Å². The highest BCUT2D eigenvalue weighted by atomic mass is 19.1. The minimum absolute atomic E-state index is 0.0275. The van der Waals surface area contributed by atoms with Crippen LogP contribution in [0.1, 0.15) is 62.1 Å². The fourth-order valence-corrected chi connectivity index (χ4v) is 3.64. The minimum Gasteiger partial charge on any atom is -0.307 e. The average molecular weight is 263 g/mol. The highest BCUT2D eigenvalue weighted by Crippen LogP contribution is 2.37. The van der Waals surface area contributed by atoms with E-state index in [1.807, 2.05) is 6.92 Å². The molecule has 0 aliphatic carbocycles. The fourth-order valence-electron chi connectivity index (χ4n) is 3.64. The molecule has 0 bridgehead atoms. The first kappa shape index (κ1) is 14.5. The van der Waals surface area contributed by atoms with Gasteiger partial charge in [-0.2, -0.15) is 0 Å². The van der Waals surface area contributed by atoms with Crippen molar-refractivity contribution in [1.29, 1.82) is 0 Å². The molecule has 1 nitrogen and oxygen atoms in total. The van der Waals surface area contributed by atoms with Crippen LogP contribution in [0.15, 0.2) is 12.1 Å². The Kier molecular flexibility index (Phi) is 4.62. The molecule has 1 unspecified atom stereocenters. The van der Waals surface area contributed by atoms with Gasteiger partial charge in [0.25, 0.3) is 0 Å². The summed E-state index contributed by atoms with van der Waals surface area (Å²) in [4.78, 5) is 0. The minimum atomic E-state index is -0.146. The van der Waals surface area contributed by atoms with Gasteiger partial charge in [0.2, 0.25) is 0 Å². The molecule has 1 fully saturated rings. The summed E-state index contributed by atoms with van der Waals surface area (Å²) in [5.74, 6) is -0.0275. The van der Waals surface area contributed by atoms with Gasteiger partial charge < -0.3 is 5.32 Å². The van der Waals surface area contributed by atoms with Crippen molar-refractivity contribution >= 4 is 0 Å². The second kappa shape index (κ2) is 6.04. The van der Waals surface area contributed by atoms with Crippen molar-refractivity contribution in [3.05, 3.63) is 34.6 Å². The van der Waals surface area contributed by atoms with Gasteiger partial charge in [-0.15, -0.1) is 0 Å². The van der Waals surface area contributed by atoms with Gasteiger partial charge in [-0.05, 0) is 56.8 Å². The molecule has 0 amide bonds. The summed E-state index contributed by atoms with van der Waals surface area (Å²) in [5, 5.41) is 3.67. The van der Waals surface area contributed by atoms with Gasteiger partial charge in [0.05, 0.1) is 0 Å². The van der Waals surface area contributed by atoms with Crippen molar-refractivity contribution in [1.82, 2.24) is 5.32 Å². The Labute approximate surface area is 116 Å². The molecule has 2 rings (SSSR count). The molecular weight excluding hydrogens is 237 g/mol. The number of hydrogen-bond acceptors (Lipinski definition) is 1. The zero-order valence-electron chi connectivity index (χ0n) is 12.5. The Balaban J connectivity index is 2.48. The second-order valence-corrected chi connectivity index (χ2v) is 6.01. The van der Waals surface area contributed by atoms with Crippen LogP contribution in [0, 0.1) is 19.7 Å². The molecule has 1 aromatic carbocycles. The molecule has 1 saturated heterocycles. The molecule has 1 aliphatic heterocycles. The maximum atomic E-state index is 14.6. The van der Waals surface area contributed by atoms with E-state index < -0.39 is 0 Å². The molecule has 1 aromatic rings.